The van der Waals surface area contributed by atoms with Gasteiger partial charge in [-0.15, -0.1) is 24.0 Å². The summed E-state index contributed by atoms with van der Waals surface area (Å²) in [5.41, 5.74) is 4.62. The van der Waals surface area contributed by atoms with E-state index in [4.69, 9.17) is 4.42 Å². The number of benzene rings is 1. The molecule has 0 radical (unpaired) electrons. The van der Waals surface area contributed by atoms with Gasteiger partial charge in [0.1, 0.15) is 0 Å². The van der Waals surface area contributed by atoms with Gasteiger partial charge in [-0.1, -0.05) is 12.1 Å². The predicted octanol–water partition coefficient (Wildman–Crippen LogP) is 3.91. The second kappa shape index (κ2) is 12.4. The Hall–Kier alpha value is -2.49. The van der Waals surface area contributed by atoms with Gasteiger partial charge in [0.2, 0.25) is 0 Å². The first-order chi connectivity index (χ1) is 14.6. The van der Waals surface area contributed by atoms with Crippen LogP contribution in [0.1, 0.15) is 40.6 Å². The van der Waals surface area contributed by atoms with E-state index in [2.05, 4.69) is 57.2 Å². The van der Waals surface area contributed by atoms with Gasteiger partial charge in [-0.2, -0.15) is 0 Å². The van der Waals surface area contributed by atoms with E-state index in [1.807, 2.05) is 13.8 Å². The summed E-state index contributed by atoms with van der Waals surface area (Å²) in [6, 6.07) is 8.11. The molecule has 0 bridgehead atoms. The predicted molar refractivity (Wildman–Crippen MR) is 137 cm³/mol. The van der Waals surface area contributed by atoms with E-state index in [-0.39, 0.29) is 29.9 Å². The van der Waals surface area contributed by atoms with E-state index in [1.54, 1.807) is 6.07 Å². The van der Waals surface area contributed by atoms with Crippen LogP contribution in [0.2, 0.25) is 0 Å². The highest BCUT2D eigenvalue weighted by Gasteiger charge is 2.11. The lowest BCUT2D eigenvalue weighted by Gasteiger charge is -2.11. The number of furan rings is 1. The molecule has 3 aromatic rings. The summed E-state index contributed by atoms with van der Waals surface area (Å²) in [6.45, 7) is 8.81. The van der Waals surface area contributed by atoms with Crippen molar-refractivity contribution in [3.63, 3.8) is 0 Å². The highest BCUT2D eigenvalue weighted by atomic mass is 127. The van der Waals surface area contributed by atoms with Gasteiger partial charge < -0.3 is 25.4 Å². The van der Waals surface area contributed by atoms with Gasteiger partial charge in [0.05, 0.1) is 6.26 Å². The number of aliphatic imine (C=N–C) groups is 1. The van der Waals surface area contributed by atoms with Crippen molar-refractivity contribution >= 4 is 46.7 Å². The maximum atomic E-state index is 12.0. The molecular formula is C23H32IN5O2. The maximum Gasteiger partial charge on any atom is 0.287 e. The Bertz CT molecular complexity index is 1010. The van der Waals surface area contributed by atoms with Crippen LogP contribution in [0.4, 0.5) is 0 Å². The number of carbonyl (C=O) groups excluding carboxylic acids is 1. The second-order valence-corrected chi connectivity index (χ2v) is 7.29. The number of hydrogen-bond donors (Lipinski definition) is 4. The quantitative estimate of drug-likeness (QED) is 0.144. The molecule has 0 unspecified atom stereocenters. The molecule has 0 saturated heterocycles. The lowest BCUT2D eigenvalue weighted by molar-refractivity contribution is 0.0925. The number of nitrogens with zero attached hydrogens (tertiary/aromatic N) is 1. The first kappa shape index (κ1) is 24.8. The Labute approximate surface area is 200 Å². The number of rotatable bonds is 9. The van der Waals surface area contributed by atoms with Crippen LogP contribution < -0.4 is 16.0 Å². The average Bonchev–Trinajstić information content (AvgIpc) is 3.34. The van der Waals surface area contributed by atoms with Gasteiger partial charge in [-0.05, 0) is 56.9 Å². The molecule has 3 rings (SSSR count). The third-order valence-corrected chi connectivity index (χ3v) is 4.99. The minimum atomic E-state index is -0.180. The first-order valence-electron chi connectivity index (χ1n) is 10.5. The average molecular weight is 537 g/mol. The Morgan fingerprint density at radius 2 is 1.94 bits per heavy atom. The molecule has 0 spiro atoms. The van der Waals surface area contributed by atoms with Crippen LogP contribution in [0.25, 0.3) is 10.9 Å². The number of carbonyl (C=O) groups is 1. The summed E-state index contributed by atoms with van der Waals surface area (Å²) in [7, 11) is 0. The van der Waals surface area contributed by atoms with Gasteiger partial charge >= 0.3 is 0 Å². The molecule has 2 aromatic heterocycles. The number of aromatic nitrogens is 1. The normalized spacial score (nSPS) is 11.3. The minimum Gasteiger partial charge on any atom is -0.459 e. The van der Waals surface area contributed by atoms with E-state index in [1.165, 1.54) is 28.3 Å². The lowest BCUT2D eigenvalue weighted by Crippen LogP contribution is -2.38. The minimum absolute atomic E-state index is 0. The molecule has 0 aliphatic carbocycles. The number of aromatic amines is 1. The van der Waals surface area contributed by atoms with E-state index in [0.29, 0.717) is 18.8 Å². The summed E-state index contributed by atoms with van der Waals surface area (Å²) in [4.78, 5) is 20.0. The summed E-state index contributed by atoms with van der Waals surface area (Å²) in [5, 5.41) is 10.8. The molecule has 0 fully saturated rings. The second-order valence-electron chi connectivity index (χ2n) is 7.29. The summed E-state index contributed by atoms with van der Waals surface area (Å²) >= 11 is 0. The topological polar surface area (TPSA) is 94.4 Å². The van der Waals surface area contributed by atoms with Crippen LogP contribution in [0.15, 0.2) is 46.1 Å². The number of aryl methyl sites for hydroxylation is 2. The Morgan fingerprint density at radius 3 is 2.68 bits per heavy atom. The highest BCUT2D eigenvalue weighted by Crippen LogP contribution is 2.22. The van der Waals surface area contributed by atoms with E-state index >= 15 is 0 Å². The number of hydrogen-bond acceptors (Lipinski definition) is 3. The maximum absolute atomic E-state index is 12.0. The Balaban J connectivity index is 0.00000341. The fraction of sp³-hybridized carbons (Fsp3) is 0.391. The molecule has 7 nitrogen and oxygen atoms in total. The zero-order valence-corrected chi connectivity index (χ0v) is 20.7. The lowest BCUT2D eigenvalue weighted by atomic mass is 10.1. The fourth-order valence-corrected chi connectivity index (χ4v) is 3.46. The van der Waals surface area contributed by atoms with Crippen molar-refractivity contribution in [2.75, 3.05) is 26.2 Å². The standard InChI is InChI=1S/C23H31N5O2.HI/c1-4-24-23(26-12-6-11-25-22(29)21-17(3)10-14-30-21)27-13-9-18-15-28-19-8-5-7-16(2)20(18)19;/h5,7-8,10,14-15,28H,4,6,9,11-13H2,1-3H3,(H,25,29)(H2,24,26,27);1H. The van der Waals surface area contributed by atoms with Gasteiger partial charge in [-0.3, -0.25) is 9.79 Å². The number of guanidine groups is 1. The van der Waals surface area contributed by atoms with Crippen LogP contribution in [0.5, 0.6) is 0 Å². The summed E-state index contributed by atoms with van der Waals surface area (Å²) < 4.78 is 5.20. The third-order valence-electron chi connectivity index (χ3n) is 4.99. The number of amides is 1. The van der Waals surface area contributed by atoms with Crippen LogP contribution >= 0.6 is 24.0 Å². The van der Waals surface area contributed by atoms with Crippen LogP contribution in [0, 0.1) is 13.8 Å². The van der Waals surface area contributed by atoms with E-state index in [9.17, 15) is 4.79 Å². The molecule has 31 heavy (non-hydrogen) atoms. The first-order valence-corrected chi connectivity index (χ1v) is 10.5. The molecule has 0 aliphatic rings. The van der Waals surface area contributed by atoms with Gasteiger partial charge in [0, 0.05) is 48.8 Å². The van der Waals surface area contributed by atoms with Crippen molar-refractivity contribution in [3.8, 4) is 0 Å². The Kier molecular flexibility index (Phi) is 9.90. The van der Waals surface area contributed by atoms with Gasteiger partial charge in [-0.25, -0.2) is 0 Å². The molecule has 0 aliphatic heterocycles. The monoisotopic (exact) mass is 537 g/mol. The number of fused-ring (bicyclic) bond motifs is 1. The molecule has 168 valence electrons. The van der Waals surface area contributed by atoms with Crippen molar-refractivity contribution in [2.24, 2.45) is 4.99 Å². The van der Waals surface area contributed by atoms with Crippen molar-refractivity contribution in [3.05, 3.63) is 59.2 Å². The largest absolute Gasteiger partial charge is 0.459 e. The highest BCUT2D eigenvalue weighted by molar-refractivity contribution is 14.0. The van der Waals surface area contributed by atoms with Gasteiger partial charge in [0.15, 0.2) is 11.7 Å². The van der Waals surface area contributed by atoms with Crippen LogP contribution in [-0.2, 0) is 6.42 Å². The van der Waals surface area contributed by atoms with E-state index < -0.39 is 0 Å². The molecular weight excluding hydrogens is 505 g/mol. The zero-order chi connectivity index (χ0) is 21.3. The molecule has 8 heteroatoms. The SMILES string of the molecule is CCNC(=NCCCNC(=O)c1occc1C)NCCc1c[nH]c2cccc(C)c12.I. The van der Waals surface area contributed by atoms with Crippen molar-refractivity contribution in [2.45, 2.75) is 33.6 Å². The summed E-state index contributed by atoms with van der Waals surface area (Å²) in [6.07, 6.45) is 5.28. The fourth-order valence-electron chi connectivity index (χ4n) is 3.46. The van der Waals surface area contributed by atoms with Crippen LogP contribution in [-0.4, -0.2) is 43.0 Å². The summed E-state index contributed by atoms with van der Waals surface area (Å²) in [5.74, 6) is 0.990. The van der Waals surface area contributed by atoms with Crippen LogP contribution in [0.3, 0.4) is 0 Å². The zero-order valence-electron chi connectivity index (χ0n) is 18.4. The number of halogens is 1. The third kappa shape index (κ3) is 6.75. The van der Waals surface area contributed by atoms with Crippen molar-refractivity contribution in [1.82, 2.24) is 20.9 Å². The smallest absolute Gasteiger partial charge is 0.287 e. The molecule has 0 saturated carbocycles. The van der Waals surface area contributed by atoms with Crippen molar-refractivity contribution in [1.29, 1.82) is 0 Å². The molecule has 1 amide bonds. The van der Waals surface area contributed by atoms with E-state index in [0.717, 1.165) is 37.5 Å². The Morgan fingerprint density at radius 1 is 1.10 bits per heavy atom. The molecule has 4 N–H and O–H groups in total. The molecule has 1 aromatic carbocycles. The molecule has 0 atom stereocenters. The molecule has 2 heterocycles. The number of H-pyrrole nitrogens is 1. The number of nitrogens with one attached hydrogen (secondary N) is 4. The van der Waals surface area contributed by atoms with Crippen molar-refractivity contribution < 1.29 is 9.21 Å². The van der Waals surface area contributed by atoms with Gasteiger partial charge in [0.25, 0.3) is 5.91 Å².